The maximum atomic E-state index is 14.4. The van der Waals surface area contributed by atoms with E-state index in [0.29, 0.717) is 25.3 Å². The molecular weight excluding hydrogens is 638 g/mol. The van der Waals surface area contributed by atoms with E-state index >= 15 is 0 Å². The number of hydrogen-bond acceptors (Lipinski definition) is 9. The third-order valence-corrected chi connectivity index (χ3v) is 10.9. The minimum Gasteiger partial charge on any atom is -0.490 e. The molecule has 3 amide bonds. The first kappa shape index (κ1) is 37.5. The lowest BCUT2D eigenvalue weighted by atomic mass is 9.96. The summed E-state index contributed by atoms with van der Waals surface area (Å²) in [6.07, 6.45) is 7.11. The number of aliphatic hydroxyl groups excluding tert-OH is 1. The molecule has 1 aliphatic carbocycles. The lowest BCUT2D eigenvalue weighted by molar-refractivity contribution is -0.0123. The number of sulfonamides is 1. The van der Waals surface area contributed by atoms with Crippen LogP contribution in [0.5, 0.6) is 5.75 Å². The minimum absolute atomic E-state index is 0.0634. The Labute approximate surface area is 284 Å². The van der Waals surface area contributed by atoms with Crippen molar-refractivity contribution in [3.63, 3.8) is 0 Å². The van der Waals surface area contributed by atoms with Crippen molar-refractivity contribution in [1.29, 1.82) is 0 Å². The molecule has 1 fully saturated rings. The van der Waals surface area contributed by atoms with Gasteiger partial charge in [-0.2, -0.15) is 0 Å². The van der Waals surface area contributed by atoms with E-state index in [4.69, 9.17) is 14.0 Å². The average Bonchev–Trinajstić information content (AvgIpc) is 3.40. The molecule has 0 unspecified atom stereocenters. The highest BCUT2D eigenvalue weighted by molar-refractivity contribution is 7.92. The highest BCUT2D eigenvalue weighted by Gasteiger charge is 2.32. The lowest BCUT2D eigenvalue weighted by Gasteiger charge is -2.36. The third kappa shape index (κ3) is 9.63. The second-order valence-corrected chi connectivity index (χ2v) is 15.1. The van der Waals surface area contributed by atoms with Crippen molar-refractivity contribution in [1.82, 2.24) is 20.3 Å². The van der Waals surface area contributed by atoms with E-state index in [9.17, 15) is 23.1 Å². The molecule has 14 heteroatoms. The molecule has 1 aliphatic heterocycles. The number of anilines is 1. The number of aryl methyl sites for hydroxylation is 2. The molecule has 0 radical (unpaired) electrons. The van der Waals surface area contributed by atoms with Gasteiger partial charge in [-0.25, -0.2) is 13.2 Å². The highest BCUT2D eigenvalue weighted by atomic mass is 32.2. The minimum atomic E-state index is -4.08. The number of nitrogens with zero attached hydrogens (tertiary/aromatic N) is 3. The number of aliphatic hydroxyl groups is 1. The summed E-state index contributed by atoms with van der Waals surface area (Å²) in [6.45, 7) is 9.46. The smallest absolute Gasteiger partial charge is 0.317 e. The summed E-state index contributed by atoms with van der Waals surface area (Å²) in [5.41, 5.74) is 0.542. The SMILES string of the molecule is Cc1noc(C)c1S(=O)(=O)Nc1ccc2c(c1)C(=O)N([C@@H](C)CO)C[C@H](C)[C@H](CN(C)C(=O)NC1CCCCC1)OCCCC[C@@H](C)O2. The van der Waals surface area contributed by atoms with Crippen LogP contribution in [0.3, 0.4) is 0 Å². The van der Waals surface area contributed by atoms with Gasteiger partial charge in [-0.05, 0) is 78.0 Å². The summed E-state index contributed by atoms with van der Waals surface area (Å²) in [7, 11) is -2.32. The van der Waals surface area contributed by atoms with Gasteiger partial charge in [0.25, 0.3) is 15.9 Å². The summed E-state index contributed by atoms with van der Waals surface area (Å²) in [6, 6.07) is 4.08. The van der Waals surface area contributed by atoms with Crippen LogP contribution < -0.4 is 14.8 Å². The molecule has 2 aromatic rings. The predicted molar refractivity (Wildman–Crippen MR) is 182 cm³/mol. The number of carbonyl (C=O) groups is 2. The van der Waals surface area contributed by atoms with E-state index in [1.165, 1.54) is 19.4 Å². The molecule has 1 aromatic heterocycles. The Morgan fingerprint density at radius 1 is 1.12 bits per heavy atom. The zero-order valence-corrected chi connectivity index (χ0v) is 30.0. The van der Waals surface area contributed by atoms with Gasteiger partial charge >= 0.3 is 6.03 Å². The van der Waals surface area contributed by atoms with Gasteiger partial charge in [-0.3, -0.25) is 9.52 Å². The molecule has 1 saturated carbocycles. The standard InChI is InChI=1S/C34H53N5O8S/c1-22-19-39(23(2)21-40)33(41)29-18-28(37-48(43,44)32-25(4)36-47-26(32)5)15-16-30(29)46-24(3)12-10-11-17-45-31(22)20-38(6)34(42)35-27-13-8-7-9-14-27/h15-16,18,22-24,27,31,37,40H,7-14,17,19-21H2,1-6H3,(H,35,42)/t22-,23-,24+,31-/m0/s1. The fourth-order valence-corrected chi connectivity index (χ4v) is 7.78. The van der Waals surface area contributed by atoms with Crippen LogP contribution in [0.15, 0.2) is 27.6 Å². The van der Waals surface area contributed by atoms with Crippen molar-refractivity contribution in [2.45, 2.75) is 115 Å². The van der Waals surface area contributed by atoms with E-state index in [0.717, 1.165) is 38.5 Å². The van der Waals surface area contributed by atoms with Crippen LogP contribution in [-0.4, -0.2) is 98.1 Å². The number of amides is 3. The summed E-state index contributed by atoms with van der Waals surface area (Å²) in [4.78, 5) is 30.7. The predicted octanol–water partition coefficient (Wildman–Crippen LogP) is 4.86. The first-order chi connectivity index (χ1) is 22.8. The van der Waals surface area contributed by atoms with E-state index < -0.39 is 22.0 Å². The maximum absolute atomic E-state index is 14.4. The third-order valence-electron chi connectivity index (χ3n) is 9.27. The van der Waals surface area contributed by atoms with Crippen LogP contribution in [0.4, 0.5) is 10.5 Å². The van der Waals surface area contributed by atoms with Crippen molar-refractivity contribution in [3.8, 4) is 5.75 Å². The number of fused-ring (bicyclic) bond motifs is 1. The summed E-state index contributed by atoms with van der Waals surface area (Å²) in [5, 5.41) is 17.2. The van der Waals surface area contributed by atoms with Gasteiger partial charge in [0.1, 0.15) is 11.4 Å². The molecule has 4 rings (SSSR count). The molecule has 268 valence electrons. The second kappa shape index (κ2) is 16.8. The fourth-order valence-electron chi connectivity index (χ4n) is 6.40. The van der Waals surface area contributed by atoms with E-state index in [1.807, 2.05) is 13.8 Å². The Kier molecular flexibility index (Phi) is 13.1. The summed E-state index contributed by atoms with van der Waals surface area (Å²) < 4.78 is 46.9. The molecule has 1 aromatic carbocycles. The Morgan fingerprint density at radius 2 is 1.83 bits per heavy atom. The van der Waals surface area contributed by atoms with Crippen LogP contribution in [-0.2, 0) is 14.8 Å². The van der Waals surface area contributed by atoms with Gasteiger partial charge in [0, 0.05) is 44.4 Å². The number of urea groups is 1. The Bertz CT molecular complexity index is 1470. The maximum Gasteiger partial charge on any atom is 0.317 e. The molecule has 0 bridgehead atoms. The number of benzene rings is 1. The van der Waals surface area contributed by atoms with Crippen molar-refractivity contribution < 1.29 is 37.1 Å². The molecule has 4 atom stereocenters. The number of hydrogen-bond donors (Lipinski definition) is 3. The lowest BCUT2D eigenvalue weighted by Crippen LogP contribution is -2.50. The molecule has 0 spiro atoms. The first-order valence-corrected chi connectivity index (χ1v) is 18.6. The highest BCUT2D eigenvalue weighted by Crippen LogP contribution is 2.30. The molecule has 2 heterocycles. The van der Waals surface area contributed by atoms with Crippen LogP contribution in [0.2, 0.25) is 0 Å². The second-order valence-electron chi connectivity index (χ2n) is 13.4. The number of likely N-dealkylation sites (N-methyl/N-ethyl adjacent to an activating group) is 1. The van der Waals surface area contributed by atoms with E-state index in [2.05, 4.69) is 15.2 Å². The Balaban J connectivity index is 1.62. The number of nitrogens with one attached hydrogen (secondary N) is 2. The van der Waals surface area contributed by atoms with Crippen molar-refractivity contribution in [2.75, 3.05) is 38.1 Å². The number of carbonyl (C=O) groups excluding carboxylic acids is 2. The topological polar surface area (TPSA) is 164 Å². The number of rotatable bonds is 8. The molecule has 0 saturated heterocycles. The van der Waals surface area contributed by atoms with Gasteiger partial charge in [0.15, 0.2) is 10.7 Å². The van der Waals surface area contributed by atoms with Gasteiger partial charge < -0.3 is 34.2 Å². The van der Waals surface area contributed by atoms with E-state index in [-0.39, 0.29) is 71.0 Å². The first-order valence-electron chi connectivity index (χ1n) is 17.1. The zero-order valence-electron chi connectivity index (χ0n) is 29.2. The summed E-state index contributed by atoms with van der Waals surface area (Å²) in [5.74, 6) is -0.180. The Morgan fingerprint density at radius 3 is 2.50 bits per heavy atom. The number of aromatic nitrogens is 1. The van der Waals surface area contributed by atoms with Crippen molar-refractivity contribution in [2.24, 2.45) is 5.92 Å². The molecular formula is C34H53N5O8S. The van der Waals surface area contributed by atoms with Gasteiger partial charge in [0.2, 0.25) is 0 Å². The monoisotopic (exact) mass is 691 g/mol. The average molecular weight is 692 g/mol. The van der Waals surface area contributed by atoms with Gasteiger partial charge in [-0.15, -0.1) is 0 Å². The number of ether oxygens (including phenoxy) is 2. The molecule has 13 nitrogen and oxygen atoms in total. The quantitative estimate of drug-likeness (QED) is 0.351. The van der Waals surface area contributed by atoms with Crippen molar-refractivity contribution >= 4 is 27.6 Å². The van der Waals surface area contributed by atoms with Gasteiger partial charge in [-0.1, -0.05) is 31.3 Å². The Hall–Kier alpha value is -3.36. The van der Waals surface area contributed by atoms with Gasteiger partial charge in [0.05, 0.1) is 30.4 Å². The van der Waals surface area contributed by atoms with Crippen LogP contribution in [0, 0.1) is 19.8 Å². The largest absolute Gasteiger partial charge is 0.490 e. The van der Waals surface area contributed by atoms with Crippen LogP contribution >= 0.6 is 0 Å². The normalized spacial score (nSPS) is 22.6. The summed E-state index contributed by atoms with van der Waals surface area (Å²) >= 11 is 0. The van der Waals surface area contributed by atoms with Crippen LogP contribution in [0.25, 0.3) is 0 Å². The molecule has 2 aliphatic rings. The molecule has 3 N–H and O–H groups in total. The van der Waals surface area contributed by atoms with E-state index in [1.54, 1.807) is 42.8 Å². The zero-order chi connectivity index (χ0) is 35.0. The van der Waals surface area contributed by atoms with Crippen LogP contribution in [0.1, 0.15) is 93.9 Å². The fraction of sp³-hybridized carbons (Fsp3) is 0.676. The molecule has 48 heavy (non-hydrogen) atoms. The van der Waals surface area contributed by atoms with Crippen molar-refractivity contribution in [3.05, 3.63) is 35.2 Å².